The van der Waals surface area contributed by atoms with E-state index >= 15 is 0 Å². The molecule has 0 bridgehead atoms. The summed E-state index contributed by atoms with van der Waals surface area (Å²) in [6, 6.07) is 22.5. The minimum Gasteiger partial charge on any atom is -0.367 e. The first kappa shape index (κ1) is 14.3. The Labute approximate surface area is 140 Å². The Morgan fingerprint density at radius 3 is 2.62 bits per heavy atom. The number of imidazole rings is 1. The molecule has 0 aliphatic carbocycles. The number of aromatic nitrogens is 2. The highest BCUT2D eigenvalue weighted by Gasteiger charge is 2.14. The van der Waals surface area contributed by atoms with Crippen molar-refractivity contribution < 1.29 is 0 Å². The minimum absolute atomic E-state index is 0.622. The first-order chi connectivity index (χ1) is 11.8. The molecular weight excluding hydrogens is 296 g/mol. The number of hydrogen-bond donors (Lipinski definition) is 1. The molecule has 0 aliphatic heterocycles. The number of rotatable bonds is 3. The van der Waals surface area contributed by atoms with E-state index in [4.69, 9.17) is 0 Å². The highest BCUT2D eigenvalue weighted by molar-refractivity contribution is 5.85. The molecule has 0 radical (unpaired) electrons. The van der Waals surface area contributed by atoms with Crippen LogP contribution in [0.1, 0.15) is 16.7 Å². The van der Waals surface area contributed by atoms with Crippen LogP contribution in [0.3, 0.4) is 0 Å². The van der Waals surface area contributed by atoms with Crippen LogP contribution in [0.25, 0.3) is 16.7 Å². The quantitative estimate of drug-likeness (QED) is 0.614. The molecule has 0 unspecified atom stereocenters. The molecule has 0 saturated heterocycles. The Balaban J connectivity index is 1.90. The van der Waals surface area contributed by atoms with Gasteiger partial charge in [-0.15, -0.1) is 0 Å². The lowest BCUT2D eigenvalue weighted by molar-refractivity contribution is 1.08. The Morgan fingerprint density at radius 2 is 1.83 bits per heavy atom. The summed E-state index contributed by atoms with van der Waals surface area (Å²) in [7, 11) is 0. The molecule has 4 aromatic rings. The van der Waals surface area contributed by atoms with Gasteiger partial charge in [0.2, 0.25) is 0 Å². The number of pyridine rings is 1. The third-order valence-electron chi connectivity index (χ3n) is 4.20. The predicted octanol–water partition coefficient (Wildman–Crippen LogP) is 4.28. The lowest BCUT2D eigenvalue weighted by Crippen LogP contribution is -2.06. The van der Waals surface area contributed by atoms with Crippen LogP contribution >= 0.6 is 0 Å². The molecule has 0 saturated carbocycles. The molecule has 4 rings (SSSR count). The summed E-state index contributed by atoms with van der Waals surface area (Å²) in [6.07, 6.45) is 0. The summed E-state index contributed by atoms with van der Waals surface area (Å²) in [4.78, 5) is 4.66. The van der Waals surface area contributed by atoms with E-state index < -0.39 is 0 Å². The molecule has 0 aliphatic rings. The fraction of sp³-hybridized carbons (Fsp3) is 0.100. The first-order valence-corrected chi connectivity index (χ1v) is 7.86. The van der Waals surface area contributed by atoms with Crippen LogP contribution in [0.4, 0.5) is 5.82 Å². The number of benzene rings is 2. The second kappa shape index (κ2) is 5.71. The van der Waals surface area contributed by atoms with E-state index in [9.17, 15) is 5.26 Å². The van der Waals surface area contributed by atoms with E-state index in [1.165, 1.54) is 5.56 Å². The molecule has 4 heteroatoms. The van der Waals surface area contributed by atoms with Gasteiger partial charge in [-0.2, -0.15) is 5.26 Å². The minimum atomic E-state index is 0.622. The number of para-hydroxylation sites is 2. The average Bonchev–Trinajstić information content (AvgIpc) is 3.00. The predicted molar refractivity (Wildman–Crippen MR) is 95.9 cm³/mol. The molecule has 2 aromatic heterocycles. The zero-order valence-electron chi connectivity index (χ0n) is 13.3. The second-order valence-electron chi connectivity index (χ2n) is 5.80. The molecular formula is C20H16N4. The number of aryl methyl sites for hydroxylation is 1. The molecule has 0 atom stereocenters. The van der Waals surface area contributed by atoms with Crippen LogP contribution < -0.4 is 5.32 Å². The second-order valence-corrected chi connectivity index (χ2v) is 5.80. The smallest absolute Gasteiger partial charge is 0.157 e. The Hall–Kier alpha value is -3.32. The van der Waals surface area contributed by atoms with Gasteiger partial charge in [-0.1, -0.05) is 42.5 Å². The molecule has 0 fully saturated rings. The lowest BCUT2D eigenvalue weighted by Gasteiger charge is -2.12. The maximum Gasteiger partial charge on any atom is 0.157 e. The van der Waals surface area contributed by atoms with E-state index in [1.54, 1.807) is 0 Å². The molecule has 4 nitrogen and oxygen atoms in total. The van der Waals surface area contributed by atoms with Crippen molar-refractivity contribution in [3.05, 3.63) is 77.4 Å². The molecule has 24 heavy (non-hydrogen) atoms. The fourth-order valence-corrected chi connectivity index (χ4v) is 3.01. The molecule has 0 amide bonds. The van der Waals surface area contributed by atoms with Crippen LogP contribution in [0, 0.1) is 18.3 Å². The highest BCUT2D eigenvalue weighted by Crippen LogP contribution is 2.26. The van der Waals surface area contributed by atoms with Crippen molar-refractivity contribution in [2.45, 2.75) is 13.5 Å². The largest absolute Gasteiger partial charge is 0.367 e. The van der Waals surface area contributed by atoms with Gasteiger partial charge >= 0.3 is 0 Å². The van der Waals surface area contributed by atoms with Crippen LogP contribution in [0.15, 0.2) is 60.7 Å². The molecule has 0 spiro atoms. The summed E-state index contributed by atoms with van der Waals surface area (Å²) in [5.74, 6) is 0.944. The zero-order valence-corrected chi connectivity index (χ0v) is 13.3. The number of anilines is 1. The van der Waals surface area contributed by atoms with Crippen molar-refractivity contribution in [2.75, 3.05) is 5.32 Å². The highest BCUT2D eigenvalue weighted by atomic mass is 15.1. The number of nitrogens with zero attached hydrogens (tertiary/aromatic N) is 3. The summed E-state index contributed by atoms with van der Waals surface area (Å²) in [5.41, 5.74) is 5.35. The van der Waals surface area contributed by atoms with E-state index in [-0.39, 0.29) is 0 Å². The number of nitrogens with one attached hydrogen (secondary N) is 1. The SMILES string of the molecule is Cc1cc(NCc2ccccc2)n2c(nc3ccccc32)c1C#N. The molecule has 2 aromatic carbocycles. The van der Waals surface area contributed by atoms with E-state index in [0.717, 1.165) is 22.4 Å². The van der Waals surface area contributed by atoms with E-state index in [1.807, 2.05) is 59.9 Å². The van der Waals surface area contributed by atoms with Gasteiger partial charge in [-0.3, -0.25) is 4.40 Å². The van der Waals surface area contributed by atoms with Crippen molar-refractivity contribution >= 4 is 22.5 Å². The van der Waals surface area contributed by atoms with Gasteiger partial charge in [0.1, 0.15) is 11.9 Å². The summed E-state index contributed by atoms with van der Waals surface area (Å²) in [6.45, 7) is 2.67. The van der Waals surface area contributed by atoms with E-state index in [0.29, 0.717) is 17.8 Å². The van der Waals surface area contributed by atoms with Gasteiger partial charge in [0.25, 0.3) is 0 Å². The average molecular weight is 312 g/mol. The van der Waals surface area contributed by atoms with Crippen molar-refractivity contribution in [3.8, 4) is 6.07 Å². The monoisotopic (exact) mass is 312 g/mol. The van der Waals surface area contributed by atoms with Crippen molar-refractivity contribution in [3.63, 3.8) is 0 Å². The van der Waals surface area contributed by atoms with Gasteiger partial charge in [-0.05, 0) is 36.2 Å². The van der Waals surface area contributed by atoms with Crippen LogP contribution in [-0.2, 0) is 6.54 Å². The zero-order chi connectivity index (χ0) is 16.5. The number of fused-ring (bicyclic) bond motifs is 3. The summed E-state index contributed by atoms with van der Waals surface area (Å²) >= 11 is 0. The van der Waals surface area contributed by atoms with Crippen LogP contribution in [0.2, 0.25) is 0 Å². The maximum atomic E-state index is 9.52. The molecule has 116 valence electrons. The summed E-state index contributed by atoms with van der Waals surface area (Å²) < 4.78 is 2.03. The topological polar surface area (TPSA) is 53.1 Å². The first-order valence-electron chi connectivity index (χ1n) is 7.86. The van der Waals surface area contributed by atoms with Gasteiger partial charge in [0, 0.05) is 6.54 Å². The molecule has 2 heterocycles. The van der Waals surface area contributed by atoms with Crippen molar-refractivity contribution in [1.29, 1.82) is 5.26 Å². The van der Waals surface area contributed by atoms with Crippen molar-refractivity contribution in [2.24, 2.45) is 0 Å². The standard InChI is InChI=1S/C20H16N4/c1-14-11-19(22-13-15-7-3-2-4-8-15)24-18-10-6-5-9-17(18)23-20(24)16(14)12-21/h2-11,22H,13H2,1H3. The van der Waals surface area contributed by atoms with Gasteiger partial charge in [-0.25, -0.2) is 4.98 Å². The van der Waals surface area contributed by atoms with Gasteiger partial charge in [0.15, 0.2) is 5.65 Å². The number of hydrogen-bond acceptors (Lipinski definition) is 3. The van der Waals surface area contributed by atoms with Gasteiger partial charge in [0.05, 0.1) is 16.6 Å². The van der Waals surface area contributed by atoms with Crippen LogP contribution in [-0.4, -0.2) is 9.38 Å². The fourth-order valence-electron chi connectivity index (χ4n) is 3.01. The number of nitriles is 1. The Kier molecular flexibility index (Phi) is 3.40. The third kappa shape index (κ3) is 2.27. The van der Waals surface area contributed by atoms with Gasteiger partial charge < -0.3 is 5.32 Å². The lowest BCUT2D eigenvalue weighted by atomic mass is 10.1. The normalized spacial score (nSPS) is 10.8. The third-order valence-corrected chi connectivity index (χ3v) is 4.20. The summed E-state index contributed by atoms with van der Waals surface area (Å²) in [5, 5.41) is 13.0. The van der Waals surface area contributed by atoms with Crippen molar-refractivity contribution in [1.82, 2.24) is 9.38 Å². The molecule has 1 N–H and O–H groups in total. The van der Waals surface area contributed by atoms with Crippen LogP contribution in [0.5, 0.6) is 0 Å². The maximum absolute atomic E-state index is 9.52. The Bertz CT molecular complexity index is 1070. The Morgan fingerprint density at radius 1 is 1.08 bits per heavy atom. The van der Waals surface area contributed by atoms with E-state index in [2.05, 4.69) is 28.5 Å².